The van der Waals surface area contributed by atoms with Gasteiger partial charge in [-0.3, -0.25) is 4.98 Å². The summed E-state index contributed by atoms with van der Waals surface area (Å²) in [5.74, 6) is 0.284. The zero-order valence-electron chi connectivity index (χ0n) is 13.9. The predicted molar refractivity (Wildman–Crippen MR) is 94.3 cm³/mol. The van der Waals surface area contributed by atoms with Gasteiger partial charge in [-0.05, 0) is 30.5 Å². The molecule has 0 bridgehead atoms. The lowest BCUT2D eigenvalue weighted by Gasteiger charge is -2.07. The Labute approximate surface area is 134 Å². The average Bonchev–Trinajstić information content (AvgIpc) is 2.55. The zero-order valence-corrected chi connectivity index (χ0v) is 13.9. The smallest absolute Gasteiger partial charge is 0.141 e. The normalized spacial score (nSPS) is 11.1. The summed E-state index contributed by atoms with van der Waals surface area (Å²) in [6.07, 6.45) is 15.0. The minimum atomic E-state index is 0.284. The van der Waals surface area contributed by atoms with Gasteiger partial charge < -0.3 is 5.11 Å². The van der Waals surface area contributed by atoms with Crippen molar-refractivity contribution in [1.29, 1.82) is 0 Å². The molecular weight excluding hydrogens is 270 g/mol. The van der Waals surface area contributed by atoms with Crippen molar-refractivity contribution in [3.05, 3.63) is 36.0 Å². The third kappa shape index (κ3) is 5.01. The molecule has 0 spiro atoms. The summed E-state index contributed by atoms with van der Waals surface area (Å²) < 4.78 is 0. The first kappa shape index (κ1) is 16.8. The van der Waals surface area contributed by atoms with Gasteiger partial charge in [0.25, 0.3) is 0 Å². The Kier molecular flexibility index (Phi) is 7.21. The molecule has 0 saturated carbocycles. The highest BCUT2D eigenvalue weighted by Crippen LogP contribution is 2.26. The molecule has 0 aliphatic heterocycles. The number of phenols is 1. The van der Waals surface area contributed by atoms with Crippen LogP contribution in [-0.4, -0.2) is 10.1 Å². The number of phenolic OH excluding ortho intramolecular Hbond substituents is 1. The Morgan fingerprint density at radius 3 is 2.27 bits per heavy atom. The van der Waals surface area contributed by atoms with Crippen LogP contribution in [0.5, 0.6) is 5.75 Å². The Balaban J connectivity index is 1.71. The Morgan fingerprint density at radius 1 is 0.864 bits per heavy atom. The van der Waals surface area contributed by atoms with Gasteiger partial charge in [-0.25, -0.2) is 0 Å². The van der Waals surface area contributed by atoms with Gasteiger partial charge in [0.2, 0.25) is 0 Å². The lowest BCUT2D eigenvalue weighted by atomic mass is 10.0. The molecule has 0 radical (unpaired) electrons. The molecule has 0 aliphatic rings. The maximum absolute atomic E-state index is 9.86. The van der Waals surface area contributed by atoms with Gasteiger partial charge in [-0.1, -0.05) is 70.4 Å². The maximum atomic E-state index is 9.86. The number of rotatable bonds is 10. The van der Waals surface area contributed by atoms with Crippen LogP contribution in [-0.2, 0) is 6.42 Å². The second-order valence-electron chi connectivity index (χ2n) is 6.22. The number of aromatic nitrogens is 1. The van der Waals surface area contributed by atoms with E-state index in [0.29, 0.717) is 0 Å². The van der Waals surface area contributed by atoms with E-state index in [1.54, 1.807) is 12.3 Å². The molecule has 0 saturated heterocycles. The summed E-state index contributed by atoms with van der Waals surface area (Å²) in [4.78, 5) is 4.28. The van der Waals surface area contributed by atoms with Crippen molar-refractivity contribution in [2.75, 3.05) is 0 Å². The number of pyridine rings is 1. The third-order valence-electron chi connectivity index (χ3n) is 4.39. The van der Waals surface area contributed by atoms with E-state index >= 15 is 0 Å². The van der Waals surface area contributed by atoms with Crippen LogP contribution in [0.4, 0.5) is 0 Å². The summed E-state index contributed by atoms with van der Waals surface area (Å²) in [6, 6.07) is 7.83. The molecule has 1 aromatic carbocycles. The minimum Gasteiger partial charge on any atom is -0.506 e. The van der Waals surface area contributed by atoms with Crippen molar-refractivity contribution >= 4 is 10.9 Å². The molecule has 2 nitrogen and oxygen atoms in total. The van der Waals surface area contributed by atoms with Crippen LogP contribution in [0.2, 0.25) is 0 Å². The number of aryl methyl sites for hydroxylation is 1. The molecule has 120 valence electrons. The molecule has 0 aliphatic carbocycles. The molecule has 2 rings (SSSR count). The van der Waals surface area contributed by atoms with Crippen LogP contribution in [0.15, 0.2) is 30.5 Å². The van der Waals surface area contributed by atoms with E-state index < -0.39 is 0 Å². The molecule has 22 heavy (non-hydrogen) atoms. The summed E-state index contributed by atoms with van der Waals surface area (Å²) >= 11 is 0. The fourth-order valence-corrected chi connectivity index (χ4v) is 3.06. The Hall–Kier alpha value is -1.57. The Morgan fingerprint density at radius 2 is 1.55 bits per heavy atom. The number of unbranched alkanes of at least 4 members (excludes halogenated alkanes) is 8. The summed E-state index contributed by atoms with van der Waals surface area (Å²) in [7, 11) is 0. The van der Waals surface area contributed by atoms with E-state index in [9.17, 15) is 5.11 Å². The third-order valence-corrected chi connectivity index (χ3v) is 4.39. The summed E-state index contributed by atoms with van der Waals surface area (Å²) in [5.41, 5.74) is 2.04. The number of hydrogen-bond donors (Lipinski definition) is 1. The quantitative estimate of drug-likeness (QED) is 0.545. The second-order valence-corrected chi connectivity index (χ2v) is 6.22. The van der Waals surface area contributed by atoms with E-state index in [2.05, 4.69) is 18.0 Å². The first-order valence-electron chi connectivity index (χ1n) is 8.88. The fraction of sp³-hybridized carbons (Fsp3) is 0.550. The van der Waals surface area contributed by atoms with Gasteiger partial charge in [0, 0.05) is 11.6 Å². The van der Waals surface area contributed by atoms with Crippen molar-refractivity contribution < 1.29 is 5.11 Å². The van der Waals surface area contributed by atoms with Crippen LogP contribution >= 0.6 is 0 Å². The summed E-state index contributed by atoms with van der Waals surface area (Å²) in [6.45, 7) is 2.27. The molecule has 0 atom stereocenters. The van der Waals surface area contributed by atoms with E-state index in [1.165, 1.54) is 63.4 Å². The number of aromatic hydroxyl groups is 1. The topological polar surface area (TPSA) is 33.1 Å². The fourth-order valence-electron chi connectivity index (χ4n) is 3.06. The largest absolute Gasteiger partial charge is 0.506 e. The standard InChI is InChI=1S/C20H29NO/c1-2-3-4-5-6-7-8-9-10-12-17-14-15-19(22)20-18(17)13-11-16-21-20/h11,13-16,22H,2-10,12H2,1H3. The van der Waals surface area contributed by atoms with E-state index in [-0.39, 0.29) is 5.75 Å². The van der Waals surface area contributed by atoms with Gasteiger partial charge in [-0.2, -0.15) is 0 Å². The van der Waals surface area contributed by atoms with Crippen LogP contribution in [0.25, 0.3) is 10.9 Å². The first-order chi connectivity index (χ1) is 10.8. The SMILES string of the molecule is CCCCCCCCCCCc1ccc(O)c2ncccc12. The van der Waals surface area contributed by atoms with E-state index in [0.717, 1.165) is 17.3 Å². The van der Waals surface area contributed by atoms with Crippen molar-refractivity contribution in [2.24, 2.45) is 0 Å². The average molecular weight is 299 g/mol. The number of fused-ring (bicyclic) bond motifs is 1. The lowest BCUT2D eigenvalue weighted by Crippen LogP contribution is -1.90. The maximum Gasteiger partial charge on any atom is 0.141 e. The van der Waals surface area contributed by atoms with E-state index in [4.69, 9.17) is 0 Å². The molecule has 0 unspecified atom stereocenters. The first-order valence-corrected chi connectivity index (χ1v) is 8.88. The molecular formula is C20H29NO. The zero-order chi connectivity index (χ0) is 15.6. The van der Waals surface area contributed by atoms with Gasteiger partial charge in [-0.15, -0.1) is 0 Å². The molecule has 0 amide bonds. The van der Waals surface area contributed by atoms with Crippen molar-refractivity contribution in [3.63, 3.8) is 0 Å². The van der Waals surface area contributed by atoms with Crippen LogP contribution in [0.1, 0.15) is 70.3 Å². The molecule has 1 N–H and O–H groups in total. The van der Waals surface area contributed by atoms with E-state index in [1.807, 2.05) is 12.1 Å². The van der Waals surface area contributed by atoms with Crippen molar-refractivity contribution in [1.82, 2.24) is 4.98 Å². The lowest BCUT2D eigenvalue weighted by molar-refractivity contribution is 0.480. The monoisotopic (exact) mass is 299 g/mol. The molecule has 0 fully saturated rings. The van der Waals surface area contributed by atoms with Crippen LogP contribution in [0, 0.1) is 0 Å². The summed E-state index contributed by atoms with van der Waals surface area (Å²) in [5, 5.41) is 11.0. The number of benzene rings is 1. The van der Waals surface area contributed by atoms with Crippen molar-refractivity contribution in [3.8, 4) is 5.75 Å². The Bertz CT molecular complexity index is 565. The van der Waals surface area contributed by atoms with Crippen LogP contribution < -0.4 is 0 Å². The predicted octanol–water partition coefficient (Wildman–Crippen LogP) is 6.01. The molecule has 2 heteroatoms. The van der Waals surface area contributed by atoms with Gasteiger partial charge in [0.1, 0.15) is 11.3 Å². The van der Waals surface area contributed by atoms with Crippen molar-refractivity contribution in [2.45, 2.75) is 71.1 Å². The molecule has 2 aromatic rings. The highest BCUT2D eigenvalue weighted by molar-refractivity contribution is 5.87. The van der Waals surface area contributed by atoms with Crippen LogP contribution in [0.3, 0.4) is 0 Å². The molecule has 1 heterocycles. The van der Waals surface area contributed by atoms with Gasteiger partial charge >= 0.3 is 0 Å². The number of nitrogens with zero attached hydrogens (tertiary/aromatic N) is 1. The van der Waals surface area contributed by atoms with Gasteiger partial charge in [0.15, 0.2) is 0 Å². The highest BCUT2D eigenvalue weighted by atomic mass is 16.3. The molecule has 1 aromatic heterocycles. The van der Waals surface area contributed by atoms with Gasteiger partial charge in [0.05, 0.1) is 0 Å². The second kappa shape index (κ2) is 9.45. The number of hydrogen-bond acceptors (Lipinski definition) is 2. The highest BCUT2D eigenvalue weighted by Gasteiger charge is 2.05. The minimum absolute atomic E-state index is 0.284.